The largest absolute Gasteiger partial charge is 0.459 e. The molecular weight excluding hydrogens is 308 g/mol. The number of likely N-dealkylation sites (tertiary alicyclic amines) is 1. The van der Waals surface area contributed by atoms with Gasteiger partial charge in [-0.25, -0.2) is 0 Å². The van der Waals surface area contributed by atoms with Crippen molar-refractivity contribution in [3.05, 3.63) is 24.2 Å². The SMILES string of the molecule is CC(C)CCC(C)(O)CNC(=O)C1CCCN1C(=O)c1ccco1. The van der Waals surface area contributed by atoms with Crippen LogP contribution in [-0.2, 0) is 4.79 Å². The predicted molar refractivity (Wildman–Crippen MR) is 90.5 cm³/mol. The van der Waals surface area contributed by atoms with Gasteiger partial charge in [-0.05, 0) is 50.7 Å². The molecule has 24 heavy (non-hydrogen) atoms. The molecule has 2 heterocycles. The lowest BCUT2D eigenvalue weighted by Crippen LogP contribution is -2.49. The topological polar surface area (TPSA) is 82.8 Å². The van der Waals surface area contributed by atoms with E-state index in [1.807, 2.05) is 0 Å². The van der Waals surface area contributed by atoms with E-state index in [-0.39, 0.29) is 24.1 Å². The first kappa shape index (κ1) is 18.5. The molecule has 0 aliphatic carbocycles. The van der Waals surface area contributed by atoms with E-state index < -0.39 is 11.6 Å². The Kier molecular flexibility index (Phi) is 6.04. The summed E-state index contributed by atoms with van der Waals surface area (Å²) >= 11 is 0. The van der Waals surface area contributed by atoms with Gasteiger partial charge in [0.2, 0.25) is 5.91 Å². The molecule has 0 radical (unpaired) electrons. The zero-order valence-corrected chi connectivity index (χ0v) is 14.7. The third-order valence-electron chi connectivity index (χ3n) is 4.45. The van der Waals surface area contributed by atoms with Gasteiger partial charge in [0.25, 0.3) is 5.91 Å². The zero-order chi connectivity index (χ0) is 17.7. The van der Waals surface area contributed by atoms with Gasteiger partial charge in [-0.3, -0.25) is 9.59 Å². The molecule has 134 valence electrons. The molecule has 6 nitrogen and oxygen atoms in total. The number of carbonyl (C=O) groups excluding carboxylic acids is 2. The van der Waals surface area contributed by atoms with Crippen molar-refractivity contribution in [1.82, 2.24) is 10.2 Å². The minimum absolute atomic E-state index is 0.192. The smallest absolute Gasteiger partial charge is 0.290 e. The van der Waals surface area contributed by atoms with E-state index in [1.165, 1.54) is 6.26 Å². The van der Waals surface area contributed by atoms with Gasteiger partial charge in [0, 0.05) is 13.1 Å². The number of aliphatic hydroxyl groups is 1. The van der Waals surface area contributed by atoms with E-state index in [2.05, 4.69) is 19.2 Å². The third-order valence-corrected chi connectivity index (χ3v) is 4.45. The average molecular weight is 336 g/mol. The number of nitrogens with zero attached hydrogens (tertiary/aromatic N) is 1. The monoisotopic (exact) mass is 336 g/mol. The van der Waals surface area contributed by atoms with Gasteiger partial charge in [-0.15, -0.1) is 0 Å². The fraction of sp³-hybridized carbons (Fsp3) is 0.667. The summed E-state index contributed by atoms with van der Waals surface area (Å²) in [6.07, 6.45) is 4.39. The van der Waals surface area contributed by atoms with Gasteiger partial charge in [-0.1, -0.05) is 13.8 Å². The van der Waals surface area contributed by atoms with Crippen LogP contribution >= 0.6 is 0 Å². The first-order chi connectivity index (χ1) is 11.3. The van der Waals surface area contributed by atoms with Crippen molar-refractivity contribution < 1.29 is 19.1 Å². The molecule has 2 N–H and O–H groups in total. The van der Waals surface area contributed by atoms with Crippen molar-refractivity contribution in [2.75, 3.05) is 13.1 Å². The van der Waals surface area contributed by atoms with Crippen LogP contribution in [0, 0.1) is 5.92 Å². The van der Waals surface area contributed by atoms with Crippen molar-refractivity contribution in [1.29, 1.82) is 0 Å². The van der Waals surface area contributed by atoms with Gasteiger partial charge in [-0.2, -0.15) is 0 Å². The van der Waals surface area contributed by atoms with Crippen LogP contribution in [0.1, 0.15) is 57.0 Å². The molecule has 2 atom stereocenters. The Hall–Kier alpha value is -1.82. The standard InChI is InChI=1S/C18H28N2O4/c1-13(2)8-9-18(3,23)12-19-16(21)14-6-4-10-20(14)17(22)15-7-5-11-24-15/h5,7,11,13-14,23H,4,6,8-10,12H2,1-3H3,(H,19,21). The van der Waals surface area contributed by atoms with Crippen LogP contribution in [0.2, 0.25) is 0 Å². The fourth-order valence-electron chi connectivity index (χ4n) is 2.91. The molecule has 1 aliphatic heterocycles. The number of nitrogens with one attached hydrogen (secondary N) is 1. The van der Waals surface area contributed by atoms with Crippen LogP contribution in [0.3, 0.4) is 0 Å². The Labute approximate surface area is 143 Å². The number of hydrogen-bond acceptors (Lipinski definition) is 4. The van der Waals surface area contributed by atoms with Gasteiger partial charge >= 0.3 is 0 Å². The van der Waals surface area contributed by atoms with E-state index >= 15 is 0 Å². The molecule has 1 saturated heterocycles. The Balaban J connectivity index is 1.90. The second kappa shape index (κ2) is 7.83. The van der Waals surface area contributed by atoms with E-state index in [0.717, 1.165) is 12.8 Å². The maximum absolute atomic E-state index is 12.5. The van der Waals surface area contributed by atoms with Crippen LogP contribution < -0.4 is 5.32 Å². The van der Waals surface area contributed by atoms with Crippen LogP contribution in [0.4, 0.5) is 0 Å². The lowest BCUT2D eigenvalue weighted by atomic mass is 9.95. The summed E-state index contributed by atoms with van der Waals surface area (Å²) < 4.78 is 5.14. The van der Waals surface area contributed by atoms with Crippen molar-refractivity contribution in [3.8, 4) is 0 Å². The Bertz CT molecular complexity index is 551. The van der Waals surface area contributed by atoms with Gasteiger partial charge in [0.05, 0.1) is 11.9 Å². The molecule has 0 bridgehead atoms. The minimum atomic E-state index is -0.936. The summed E-state index contributed by atoms with van der Waals surface area (Å²) in [7, 11) is 0. The van der Waals surface area contributed by atoms with Crippen molar-refractivity contribution in [2.24, 2.45) is 5.92 Å². The molecule has 1 aromatic rings. The molecule has 2 amide bonds. The molecule has 2 rings (SSSR count). The highest BCUT2D eigenvalue weighted by atomic mass is 16.3. The highest BCUT2D eigenvalue weighted by Crippen LogP contribution is 2.21. The lowest BCUT2D eigenvalue weighted by molar-refractivity contribution is -0.126. The van der Waals surface area contributed by atoms with Gasteiger partial charge < -0.3 is 19.7 Å². The number of rotatable bonds is 7. The molecule has 6 heteroatoms. The fourth-order valence-corrected chi connectivity index (χ4v) is 2.91. The molecule has 1 fully saturated rings. The first-order valence-electron chi connectivity index (χ1n) is 8.65. The highest BCUT2D eigenvalue weighted by molar-refractivity contribution is 5.95. The van der Waals surface area contributed by atoms with E-state index in [9.17, 15) is 14.7 Å². The minimum Gasteiger partial charge on any atom is -0.459 e. The first-order valence-corrected chi connectivity index (χ1v) is 8.65. The second-order valence-corrected chi connectivity index (χ2v) is 7.28. The van der Waals surface area contributed by atoms with Crippen LogP contribution in [0.5, 0.6) is 0 Å². The van der Waals surface area contributed by atoms with Crippen molar-refractivity contribution in [3.63, 3.8) is 0 Å². The second-order valence-electron chi connectivity index (χ2n) is 7.28. The van der Waals surface area contributed by atoms with Crippen LogP contribution in [0.15, 0.2) is 22.8 Å². The predicted octanol–water partition coefficient (Wildman–Crippen LogP) is 2.19. The van der Waals surface area contributed by atoms with E-state index in [0.29, 0.717) is 25.3 Å². The third kappa shape index (κ3) is 4.84. The molecular formula is C18H28N2O4. The van der Waals surface area contributed by atoms with Crippen LogP contribution in [-0.4, -0.2) is 46.6 Å². The summed E-state index contributed by atoms with van der Waals surface area (Å²) in [5, 5.41) is 13.2. The highest BCUT2D eigenvalue weighted by Gasteiger charge is 2.36. The molecule has 0 spiro atoms. The summed E-state index contributed by atoms with van der Waals surface area (Å²) in [6.45, 7) is 6.67. The maximum atomic E-state index is 12.5. The number of amides is 2. The Morgan fingerprint density at radius 1 is 1.50 bits per heavy atom. The van der Waals surface area contributed by atoms with E-state index in [1.54, 1.807) is 24.0 Å². The molecule has 0 saturated carbocycles. The zero-order valence-electron chi connectivity index (χ0n) is 14.7. The summed E-state index contributed by atoms with van der Waals surface area (Å²) in [6, 6.07) is 2.76. The van der Waals surface area contributed by atoms with Crippen molar-refractivity contribution >= 4 is 11.8 Å². The Morgan fingerprint density at radius 3 is 2.88 bits per heavy atom. The number of furan rings is 1. The van der Waals surface area contributed by atoms with Crippen LogP contribution in [0.25, 0.3) is 0 Å². The van der Waals surface area contributed by atoms with Gasteiger partial charge in [0.1, 0.15) is 6.04 Å². The molecule has 1 aromatic heterocycles. The molecule has 0 aromatic carbocycles. The summed E-state index contributed by atoms with van der Waals surface area (Å²) in [5.41, 5.74) is -0.936. The maximum Gasteiger partial charge on any atom is 0.290 e. The van der Waals surface area contributed by atoms with Gasteiger partial charge in [0.15, 0.2) is 5.76 Å². The quantitative estimate of drug-likeness (QED) is 0.799. The Morgan fingerprint density at radius 2 is 2.25 bits per heavy atom. The summed E-state index contributed by atoms with van der Waals surface area (Å²) in [5.74, 6) is 0.281. The lowest BCUT2D eigenvalue weighted by Gasteiger charge is -2.27. The molecule has 1 aliphatic rings. The number of hydrogen-bond donors (Lipinski definition) is 2. The van der Waals surface area contributed by atoms with Crippen molar-refractivity contribution in [2.45, 2.75) is 58.1 Å². The van der Waals surface area contributed by atoms with E-state index in [4.69, 9.17) is 4.42 Å². The molecule has 2 unspecified atom stereocenters. The normalized spacial score (nSPS) is 20.2. The average Bonchev–Trinajstić information content (AvgIpc) is 3.21. The number of carbonyl (C=O) groups is 2. The summed E-state index contributed by atoms with van der Waals surface area (Å²) in [4.78, 5) is 26.4.